The zero-order chi connectivity index (χ0) is 31.9. The number of nitrogens with zero attached hydrogens (tertiary/aromatic N) is 2. The Kier molecular flexibility index (Phi) is 9.47. The number of alkyl halides is 3. The van der Waals surface area contributed by atoms with E-state index in [2.05, 4.69) is 20.5 Å². The Labute approximate surface area is 257 Å². The van der Waals surface area contributed by atoms with Crippen LogP contribution in [0.15, 0.2) is 30.5 Å². The maximum Gasteiger partial charge on any atom is 0.416 e. The highest BCUT2D eigenvalue weighted by Crippen LogP contribution is 2.40. The molecule has 2 amide bonds. The molecule has 3 heterocycles. The first-order valence-corrected chi connectivity index (χ1v) is 14.6. The molecule has 1 aromatic heterocycles. The highest BCUT2D eigenvalue weighted by atomic mass is 35.5. The van der Waals surface area contributed by atoms with Gasteiger partial charge in [0.1, 0.15) is 11.6 Å². The van der Waals surface area contributed by atoms with E-state index in [0.717, 1.165) is 12.8 Å². The van der Waals surface area contributed by atoms with Crippen LogP contribution >= 0.6 is 23.2 Å². The highest BCUT2D eigenvalue weighted by Gasteiger charge is 2.43. The summed E-state index contributed by atoms with van der Waals surface area (Å²) in [5.74, 6) is -0.246. The Morgan fingerprint density at radius 2 is 1.72 bits per heavy atom. The maximum atomic E-state index is 13.3. The first-order chi connectivity index (χ1) is 19.9. The quantitative estimate of drug-likeness (QED) is 0.310. The van der Waals surface area contributed by atoms with Gasteiger partial charge in [-0.1, -0.05) is 23.2 Å². The van der Waals surface area contributed by atoms with E-state index in [1.54, 1.807) is 33.8 Å². The summed E-state index contributed by atoms with van der Waals surface area (Å²) in [5.41, 5.74) is -2.05. The van der Waals surface area contributed by atoms with Crippen molar-refractivity contribution < 1.29 is 37.7 Å². The number of nitrogens with one attached hydrogen (secondary N) is 2. The van der Waals surface area contributed by atoms with Crippen molar-refractivity contribution in [1.82, 2.24) is 15.6 Å². The average molecular weight is 648 g/mol. The lowest BCUT2D eigenvalue weighted by atomic mass is 9.96. The van der Waals surface area contributed by atoms with Gasteiger partial charge in [-0.15, -0.1) is 0 Å². The molecular formula is C29H35Cl2F3N4O5. The number of aromatic nitrogens is 1. The number of piperidine rings is 1. The van der Waals surface area contributed by atoms with E-state index in [1.165, 1.54) is 24.4 Å². The van der Waals surface area contributed by atoms with Crippen molar-refractivity contribution in [3.05, 3.63) is 51.6 Å². The molecule has 0 saturated carbocycles. The van der Waals surface area contributed by atoms with Gasteiger partial charge in [0, 0.05) is 34.9 Å². The fraction of sp³-hybridized carbons (Fsp3) is 0.552. The van der Waals surface area contributed by atoms with E-state index in [-0.39, 0.29) is 45.4 Å². The predicted octanol–water partition coefficient (Wildman–Crippen LogP) is 4.74. The van der Waals surface area contributed by atoms with Gasteiger partial charge < -0.3 is 30.5 Å². The molecule has 4 rings (SSSR count). The number of carbonyl (C=O) groups is 2. The number of anilines is 1. The number of ether oxygens (including phenoxy) is 1. The fourth-order valence-electron chi connectivity index (χ4n) is 5.51. The second-order valence-corrected chi connectivity index (χ2v) is 12.9. The monoisotopic (exact) mass is 646 g/mol. The Hall–Kier alpha value is -2.80. The summed E-state index contributed by atoms with van der Waals surface area (Å²) in [5, 5.41) is 25.2. The van der Waals surface area contributed by atoms with Crippen molar-refractivity contribution >= 4 is 40.8 Å². The van der Waals surface area contributed by atoms with Crippen LogP contribution in [0.1, 0.15) is 69.3 Å². The van der Waals surface area contributed by atoms with E-state index < -0.39 is 35.9 Å². The summed E-state index contributed by atoms with van der Waals surface area (Å²) < 4.78 is 43.5. The normalized spacial score (nSPS) is 21.4. The summed E-state index contributed by atoms with van der Waals surface area (Å²) in [6, 6.07) is 6.18. The van der Waals surface area contributed by atoms with Gasteiger partial charge in [0.05, 0.1) is 22.7 Å². The van der Waals surface area contributed by atoms with E-state index in [9.17, 15) is 27.9 Å². The number of benzene rings is 1. The van der Waals surface area contributed by atoms with Gasteiger partial charge in [-0.3, -0.25) is 9.59 Å². The summed E-state index contributed by atoms with van der Waals surface area (Å²) in [6.07, 6.45) is -3.10. The number of fused-ring (bicyclic) bond motifs is 2. The zero-order valence-electron chi connectivity index (χ0n) is 24.1. The first-order valence-electron chi connectivity index (χ1n) is 13.9. The van der Waals surface area contributed by atoms with Crippen LogP contribution in [0.2, 0.25) is 10.0 Å². The second-order valence-electron chi connectivity index (χ2n) is 12.0. The Morgan fingerprint density at radius 1 is 1.09 bits per heavy atom. The van der Waals surface area contributed by atoms with Gasteiger partial charge in [0.15, 0.2) is 11.7 Å². The lowest BCUT2D eigenvalue weighted by molar-refractivity contribution is -0.201. The van der Waals surface area contributed by atoms with Crippen LogP contribution in [0.3, 0.4) is 0 Å². The molecule has 2 fully saturated rings. The van der Waals surface area contributed by atoms with Crippen LogP contribution < -0.4 is 20.3 Å². The Balaban J connectivity index is 1.36. The van der Waals surface area contributed by atoms with Gasteiger partial charge in [-0.2, -0.15) is 13.2 Å². The summed E-state index contributed by atoms with van der Waals surface area (Å²) in [7, 11) is 0. The second kappa shape index (κ2) is 12.3. The molecule has 1 unspecified atom stereocenters. The number of hydrogen-bond acceptors (Lipinski definition) is 7. The maximum absolute atomic E-state index is 13.3. The fourth-order valence-corrected chi connectivity index (χ4v) is 6.16. The highest BCUT2D eigenvalue weighted by molar-refractivity contribution is 6.36. The van der Waals surface area contributed by atoms with Gasteiger partial charge in [0.2, 0.25) is 0 Å². The van der Waals surface area contributed by atoms with Crippen LogP contribution in [-0.2, 0) is 10.4 Å². The minimum Gasteiger partial charge on any atom is -0.476 e. The molecular weight excluding hydrogens is 612 g/mol. The van der Waals surface area contributed by atoms with Crippen molar-refractivity contribution in [2.24, 2.45) is 0 Å². The summed E-state index contributed by atoms with van der Waals surface area (Å²) in [4.78, 5) is 32.1. The van der Waals surface area contributed by atoms with Crippen LogP contribution in [0.25, 0.3) is 0 Å². The number of amides is 2. The Morgan fingerprint density at radius 3 is 2.26 bits per heavy atom. The molecule has 43 heavy (non-hydrogen) atoms. The molecule has 2 saturated heterocycles. The van der Waals surface area contributed by atoms with Gasteiger partial charge in [-0.05, 0) is 77.6 Å². The molecule has 2 aromatic rings. The number of rotatable bonds is 9. The van der Waals surface area contributed by atoms with Crippen LogP contribution in [0.5, 0.6) is 5.75 Å². The lowest BCUT2D eigenvalue weighted by Crippen LogP contribution is -2.55. The van der Waals surface area contributed by atoms with E-state index >= 15 is 0 Å². The SMILES string of the molecule is CC(C)(Oc1cc(C(C)(C)O)c(Cl)cc1Cl)C(=O)N[C@H]1C[C@H]2CC[C@@H](C1)N2c1ccc(C(=O)NCC(O)C(F)(F)F)cn1. The van der Waals surface area contributed by atoms with Gasteiger partial charge in [0.25, 0.3) is 11.8 Å². The molecule has 2 bridgehead atoms. The molecule has 0 aliphatic carbocycles. The standard InChI is InChI=1S/C29H35Cl2F3N4O5/c1-27(2,42)19-11-22(21(31)12-20(19)30)43-28(3,4)26(41)37-16-9-17-6-7-18(10-16)38(17)24-8-5-15(13-35-24)25(40)36-14-23(39)29(32,33)34/h5,8,11-13,16-18,23,39,42H,6-7,9-10,14H2,1-4H3,(H,36,40)(H,37,41)/t16-,17+,18-,23?. The van der Waals surface area contributed by atoms with Crippen LogP contribution in [-0.4, -0.2) is 69.6 Å². The average Bonchev–Trinajstić information content (AvgIpc) is 3.17. The Bertz CT molecular complexity index is 1340. The third-order valence-corrected chi connectivity index (χ3v) is 8.38. The first kappa shape index (κ1) is 33.1. The number of pyridine rings is 1. The predicted molar refractivity (Wildman–Crippen MR) is 155 cm³/mol. The molecule has 1 aromatic carbocycles. The third kappa shape index (κ3) is 7.65. The molecule has 9 nitrogen and oxygen atoms in total. The minimum absolute atomic E-state index is 0.0744. The number of halogens is 5. The van der Waals surface area contributed by atoms with Crippen molar-refractivity contribution in [1.29, 1.82) is 0 Å². The largest absolute Gasteiger partial charge is 0.476 e. The van der Waals surface area contributed by atoms with Crippen molar-refractivity contribution in [2.45, 2.75) is 95.0 Å². The van der Waals surface area contributed by atoms with Gasteiger partial charge >= 0.3 is 6.18 Å². The van der Waals surface area contributed by atoms with E-state index in [1.807, 2.05) is 0 Å². The van der Waals surface area contributed by atoms with Crippen molar-refractivity contribution in [3.8, 4) is 5.75 Å². The molecule has 0 spiro atoms. The molecule has 236 valence electrons. The van der Waals surface area contributed by atoms with Gasteiger partial charge in [-0.25, -0.2) is 4.98 Å². The molecule has 14 heteroatoms. The lowest BCUT2D eigenvalue weighted by Gasteiger charge is -2.41. The zero-order valence-corrected chi connectivity index (χ0v) is 25.6. The number of carbonyl (C=O) groups excluding carboxylic acids is 2. The number of aliphatic hydroxyl groups excluding tert-OH is 1. The topological polar surface area (TPSA) is 124 Å². The molecule has 4 atom stereocenters. The van der Waals surface area contributed by atoms with Crippen LogP contribution in [0.4, 0.5) is 19.0 Å². The summed E-state index contributed by atoms with van der Waals surface area (Å²) in [6.45, 7) is 5.47. The van der Waals surface area contributed by atoms with Crippen molar-refractivity contribution in [2.75, 3.05) is 11.4 Å². The van der Waals surface area contributed by atoms with E-state index in [0.29, 0.717) is 24.2 Å². The van der Waals surface area contributed by atoms with Crippen molar-refractivity contribution in [3.63, 3.8) is 0 Å². The number of aliphatic hydroxyl groups is 2. The molecule has 2 aliphatic heterocycles. The van der Waals surface area contributed by atoms with Crippen LogP contribution in [0, 0.1) is 0 Å². The van der Waals surface area contributed by atoms with E-state index in [4.69, 9.17) is 33.0 Å². The third-order valence-electron chi connectivity index (χ3n) is 7.77. The molecule has 4 N–H and O–H groups in total. The minimum atomic E-state index is -4.82. The number of hydrogen-bond donors (Lipinski definition) is 4. The summed E-state index contributed by atoms with van der Waals surface area (Å²) >= 11 is 12.6. The smallest absolute Gasteiger partial charge is 0.416 e. The molecule has 0 radical (unpaired) electrons. The molecule has 2 aliphatic rings.